The highest BCUT2D eigenvalue weighted by Gasteiger charge is 2.07. The number of nitrogens with one attached hydrogen (secondary N) is 3. The number of amides is 1. The molecular formula is C11H11N3O3. The van der Waals surface area contributed by atoms with Gasteiger partial charge in [0.05, 0.1) is 0 Å². The van der Waals surface area contributed by atoms with Crippen LogP contribution in [-0.4, -0.2) is 21.0 Å². The first kappa shape index (κ1) is 11.0. The van der Waals surface area contributed by atoms with Crippen molar-refractivity contribution in [2.24, 2.45) is 0 Å². The van der Waals surface area contributed by atoms with Crippen LogP contribution in [0.2, 0.25) is 0 Å². The van der Waals surface area contributed by atoms with Crippen LogP contribution >= 0.6 is 0 Å². The second kappa shape index (κ2) is 4.56. The molecule has 6 nitrogen and oxygen atoms in total. The number of phenols is 1. The molecule has 0 aliphatic rings. The van der Waals surface area contributed by atoms with Gasteiger partial charge in [-0.1, -0.05) is 12.1 Å². The average Bonchev–Trinajstić information content (AvgIpc) is 2.73. The number of imidazole rings is 1. The fourth-order valence-electron chi connectivity index (χ4n) is 1.40. The average molecular weight is 233 g/mol. The molecule has 0 atom stereocenters. The Labute approximate surface area is 96.3 Å². The van der Waals surface area contributed by atoms with Gasteiger partial charge in [-0.15, -0.1) is 0 Å². The molecule has 0 aliphatic carbocycles. The smallest absolute Gasteiger partial charge is 0.323 e. The second-order valence-electron chi connectivity index (χ2n) is 3.51. The molecule has 1 aromatic heterocycles. The maximum absolute atomic E-state index is 11.6. The molecule has 0 bridgehead atoms. The van der Waals surface area contributed by atoms with Crippen molar-refractivity contribution in [3.63, 3.8) is 0 Å². The van der Waals surface area contributed by atoms with Crippen LogP contribution in [-0.2, 0) is 6.54 Å². The lowest BCUT2D eigenvalue weighted by Gasteiger charge is -2.03. The summed E-state index contributed by atoms with van der Waals surface area (Å²) in [5.74, 6) is -0.238. The highest BCUT2D eigenvalue weighted by atomic mass is 16.3. The Bertz CT molecular complexity index is 585. The van der Waals surface area contributed by atoms with Gasteiger partial charge in [0.15, 0.2) is 0 Å². The van der Waals surface area contributed by atoms with E-state index in [4.69, 9.17) is 0 Å². The molecule has 0 saturated heterocycles. The minimum atomic E-state index is -0.424. The lowest BCUT2D eigenvalue weighted by atomic mass is 10.2. The van der Waals surface area contributed by atoms with Gasteiger partial charge in [0.1, 0.15) is 11.4 Å². The highest BCUT2D eigenvalue weighted by molar-refractivity contribution is 5.91. The SMILES string of the molecule is O=C(NCc1cccc(O)c1)c1c[nH]c(=O)[nH]1. The number of hydrogen-bond acceptors (Lipinski definition) is 3. The van der Waals surface area contributed by atoms with Crippen LogP contribution in [0.1, 0.15) is 16.1 Å². The number of carbonyl (C=O) groups is 1. The van der Waals surface area contributed by atoms with E-state index in [9.17, 15) is 14.7 Å². The third kappa shape index (κ3) is 2.75. The normalized spacial score (nSPS) is 10.1. The molecule has 0 saturated carbocycles. The summed E-state index contributed by atoms with van der Waals surface area (Å²) in [6.07, 6.45) is 1.31. The zero-order chi connectivity index (χ0) is 12.3. The summed E-state index contributed by atoms with van der Waals surface area (Å²) in [5.41, 5.74) is 0.527. The number of phenolic OH excluding ortho intramolecular Hbond substituents is 1. The van der Waals surface area contributed by atoms with Gasteiger partial charge in [0.25, 0.3) is 5.91 Å². The standard InChI is InChI=1S/C11H11N3O3/c15-8-3-1-2-7(4-8)5-12-10(16)9-6-13-11(17)14-9/h1-4,6,15H,5H2,(H,12,16)(H2,13,14,17). The predicted octanol–water partition coefficient (Wildman–Crippen LogP) is 0.339. The summed E-state index contributed by atoms with van der Waals surface area (Å²) in [4.78, 5) is 27.0. The highest BCUT2D eigenvalue weighted by Crippen LogP contribution is 2.10. The Morgan fingerprint density at radius 2 is 2.24 bits per heavy atom. The largest absolute Gasteiger partial charge is 0.508 e. The van der Waals surface area contributed by atoms with Crippen molar-refractivity contribution in [2.75, 3.05) is 0 Å². The van der Waals surface area contributed by atoms with Crippen molar-refractivity contribution in [1.82, 2.24) is 15.3 Å². The van der Waals surface area contributed by atoms with Crippen molar-refractivity contribution in [3.8, 4) is 5.75 Å². The number of benzene rings is 1. The van der Waals surface area contributed by atoms with E-state index in [0.29, 0.717) is 0 Å². The predicted molar refractivity (Wildman–Crippen MR) is 60.7 cm³/mol. The topological polar surface area (TPSA) is 98.0 Å². The molecule has 1 aromatic carbocycles. The van der Waals surface area contributed by atoms with E-state index in [1.54, 1.807) is 24.3 Å². The molecule has 0 radical (unpaired) electrons. The Balaban J connectivity index is 1.99. The number of rotatable bonds is 3. The van der Waals surface area contributed by atoms with Gasteiger partial charge in [0.2, 0.25) is 0 Å². The van der Waals surface area contributed by atoms with E-state index in [1.807, 2.05) is 0 Å². The van der Waals surface area contributed by atoms with Gasteiger partial charge in [-0.25, -0.2) is 4.79 Å². The fraction of sp³-hybridized carbons (Fsp3) is 0.0909. The molecule has 2 rings (SSSR count). The van der Waals surface area contributed by atoms with E-state index < -0.39 is 5.69 Å². The number of hydrogen-bond donors (Lipinski definition) is 4. The summed E-state index contributed by atoms with van der Waals surface area (Å²) < 4.78 is 0. The molecule has 17 heavy (non-hydrogen) atoms. The minimum absolute atomic E-state index is 0.145. The Hall–Kier alpha value is -2.50. The van der Waals surface area contributed by atoms with Gasteiger partial charge in [0, 0.05) is 12.7 Å². The van der Waals surface area contributed by atoms with Gasteiger partial charge >= 0.3 is 5.69 Å². The maximum atomic E-state index is 11.6. The van der Waals surface area contributed by atoms with Crippen LogP contribution in [0.15, 0.2) is 35.3 Å². The minimum Gasteiger partial charge on any atom is -0.508 e. The quantitative estimate of drug-likeness (QED) is 0.615. The van der Waals surface area contributed by atoms with E-state index in [2.05, 4.69) is 15.3 Å². The Morgan fingerprint density at radius 3 is 2.88 bits per heavy atom. The molecule has 2 aromatic rings. The lowest BCUT2D eigenvalue weighted by Crippen LogP contribution is -2.23. The van der Waals surface area contributed by atoms with Crippen LogP contribution in [0.3, 0.4) is 0 Å². The van der Waals surface area contributed by atoms with Gasteiger partial charge < -0.3 is 20.4 Å². The summed E-state index contributed by atoms with van der Waals surface area (Å²) in [6, 6.07) is 6.57. The van der Waals surface area contributed by atoms with Crippen LogP contribution in [0.25, 0.3) is 0 Å². The first-order valence-corrected chi connectivity index (χ1v) is 4.99. The Morgan fingerprint density at radius 1 is 1.41 bits per heavy atom. The summed E-state index contributed by atoms with van der Waals surface area (Å²) in [5, 5.41) is 11.8. The first-order valence-electron chi connectivity index (χ1n) is 4.99. The molecule has 6 heteroatoms. The monoisotopic (exact) mass is 233 g/mol. The van der Waals surface area contributed by atoms with Crippen LogP contribution in [0.4, 0.5) is 0 Å². The zero-order valence-electron chi connectivity index (χ0n) is 8.86. The molecular weight excluding hydrogens is 222 g/mol. The number of aromatic amines is 2. The van der Waals surface area contributed by atoms with Gasteiger partial charge in [-0.2, -0.15) is 0 Å². The molecule has 88 valence electrons. The van der Waals surface area contributed by atoms with Crippen molar-refractivity contribution in [1.29, 1.82) is 0 Å². The van der Waals surface area contributed by atoms with Crippen molar-refractivity contribution in [3.05, 3.63) is 52.2 Å². The first-order chi connectivity index (χ1) is 8.15. The van der Waals surface area contributed by atoms with E-state index in [0.717, 1.165) is 5.56 Å². The van der Waals surface area contributed by atoms with E-state index in [-0.39, 0.29) is 23.9 Å². The van der Waals surface area contributed by atoms with Crippen LogP contribution in [0.5, 0.6) is 5.75 Å². The van der Waals surface area contributed by atoms with Crippen molar-refractivity contribution >= 4 is 5.91 Å². The van der Waals surface area contributed by atoms with Crippen molar-refractivity contribution < 1.29 is 9.90 Å². The summed E-state index contributed by atoms with van der Waals surface area (Å²) >= 11 is 0. The van der Waals surface area contributed by atoms with Gasteiger partial charge in [-0.3, -0.25) is 4.79 Å². The Kier molecular flexibility index (Phi) is 2.95. The third-order valence-electron chi connectivity index (χ3n) is 2.20. The second-order valence-corrected chi connectivity index (χ2v) is 3.51. The van der Waals surface area contributed by atoms with Gasteiger partial charge in [-0.05, 0) is 17.7 Å². The number of aromatic hydroxyl groups is 1. The fourth-order valence-corrected chi connectivity index (χ4v) is 1.40. The molecule has 0 fully saturated rings. The lowest BCUT2D eigenvalue weighted by molar-refractivity contribution is 0.0946. The maximum Gasteiger partial charge on any atom is 0.323 e. The molecule has 4 N–H and O–H groups in total. The number of H-pyrrole nitrogens is 2. The van der Waals surface area contributed by atoms with E-state index >= 15 is 0 Å². The summed E-state index contributed by atoms with van der Waals surface area (Å²) in [6.45, 7) is 0.278. The van der Waals surface area contributed by atoms with Crippen LogP contribution in [0, 0.1) is 0 Å². The number of carbonyl (C=O) groups excluding carboxylic acids is 1. The molecule has 0 aliphatic heterocycles. The molecule has 0 spiro atoms. The third-order valence-corrected chi connectivity index (χ3v) is 2.20. The molecule has 1 heterocycles. The molecule has 1 amide bonds. The zero-order valence-corrected chi connectivity index (χ0v) is 8.86. The van der Waals surface area contributed by atoms with E-state index in [1.165, 1.54) is 6.20 Å². The number of aromatic nitrogens is 2. The summed E-state index contributed by atoms with van der Waals surface area (Å²) in [7, 11) is 0. The molecule has 0 unspecified atom stereocenters. The van der Waals surface area contributed by atoms with Crippen molar-refractivity contribution in [2.45, 2.75) is 6.54 Å². The van der Waals surface area contributed by atoms with Crippen LogP contribution < -0.4 is 11.0 Å².